The fourth-order valence-corrected chi connectivity index (χ4v) is 11.5. The molecule has 24 heteroatoms. The van der Waals surface area contributed by atoms with E-state index in [2.05, 4.69) is 30.6 Å². The summed E-state index contributed by atoms with van der Waals surface area (Å²) in [5.41, 5.74) is -0.534. The number of methoxy groups -OCH3 is 2. The van der Waals surface area contributed by atoms with E-state index >= 15 is 17.6 Å². The third kappa shape index (κ3) is 9.92. The van der Waals surface area contributed by atoms with Gasteiger partial charge in [0.15, 0.2) is 11.6 Å². The van der Waals surface area contributed by atoms with E-state index in [0.29, 0.717) is 43.4 Å². The molecule has 10 rings (SSSR count). The Labute approximate surface area is 447 Å². The van der Waals surface area contributed by atoms with E-state index < -0.39 is 58.9 Å². The minimum atomic E-state index is -0.883. The van der Waals surface area contributed by atoms with E-state index in [4.69, 9.17) is 9.47 Å². The van der Waals surface area contributed by atoms with Crippen molar-refractivity contribution in [1.82, 2.24) is 48.5 Å². The highest BCUT2D eigenvalue weighted by Gasteiger charge is 2.28. The van der Waals surface area contributed by atoms with Gasteiger partial charge in [-0.1, -0.05) is 36.4 Å². The summed E-state index contributed by atoms with van der Waals surface area (Å²) in [6.07, 6.45) is 0. The van der Waals surface area contributed by atoms with E-state index in [1.165, 1.54) is 59.8 Å². The fourth-order valence-electron chi connectivity index (χ4n) is 8.86. The first-order chi connectivity index (χ1) is 37.5. The number of benzene rings is 4. The molecule has 0 aliphatic heterocycles. The topological polar surface area (TPSA) is 189 Å². The van der Waals surface area contributed by atoms with Crippen molar-refractivity contribution in [3.63, 3.8) is 0 Å². The van der Waals surface area contributed by atoms with E-state index in [1.807, 2.05) is 38.0 Å². The van der Waals surface area contributed by atoms with Crippen LogP contribution in [0.1, 0.15) is 22.3 Å². The number of hydrogen-bond acceptors (Lipinski definition) is 16. The molecule has 6 aromatic heterocycles. The van der Waals surface area contributed by atoms with Gasteiger partial charge in [-0.05, 0) is 111 Å². The van der Waals surface area contributed by atoms with Crippen LogP contribution < -0.4 is 32.0 Å². The molecule has 0 spiro atoms. The molecule has 0 aliphatic carbocycles. The zero-order valence-electron chi connectivity index (χ0n) is 42.4. The normalized spacial score (nSPS) is 11.8. The Morgan fingerprint density at radius 3 is 1.15 bits per heavy atom. The van der Waals surface area contributed by atoms with Crippen LogP contribution in [0, 0.1) is 23.3 Å². The maximum absolute atomic E-state index is 15.2. The summed E-state index contributed by atoms with van der Waals surface area (Å²) < 4.78 is 75.1. The van der Waals surface area contributed by atoms with Crippen LogP contribution in [0.4, 0.5) is 28.9 Å². The lowest BCUT2D eigenvalue weighted by Gasteiger charge is -2.14. The first kappa shape index (κ1) is 52.6. The summed E-state index contributed by atoms with van der Waals surface area (Å²) in [7, 11) is 10.1. The summed E-state index contributed by atoms with van der Waals surface area (Å²) >= 11 is 2.26. The van der Waals surface area contributed by atoms with Gasteiger partial charge in [0.25, 0.3) is 11.1 Å². The molecule has 0 saturated heterocycles. The number of ether oxygens (including phenoxy) is 2. The van der Waals surface area contributed by atoms with Gasteiger partial charge < -0.3 is 19.3 Å². The summed E-state index contributed by atoms with van der Waals surface area (Å²) in [4.78, 5) is 63.2. The number of azo groups is 1. The summed E-state index contributed by atoms with van der Waals surface area (Å²) in [6.45, 7) is -0.592. The van der Waals surface area contributed by atoms with Crippen LogP contribution >= 0.6 is 22.7 Å². The van der Waals surface area contributed by atoms with Crippen LogP contribution in [0.5, 0.6) is 11.8 Å². The Balaban J connectivity index is 1.02. The molecule has 0 atom stereocenters. The summed E-state index contributed by atoms with van der Waals surface area (Å²) in [5, 5.41) is 25.3. The minimum absolute atomic E-state index is 0.117. The summed E-state index contributed by atoms with van der Waals surface area (Å²) in [6, 6.07) is 26.6. The minimum Gasteiger partial charge on any atom is -0.480 e. The Kier molecular flexibility index (Phi) is 14.6. The van der Waals surface area contributed by atoms with Crippen molar-refractivity contribution in [2.75, 3.05) is 42.4 Å². The van der Waals surface area contributed by atoms with Gasteiger partial charge in [0.05, 0.1) is 49.5 Å². The van der Waals surface area contributed by atoms with E-state index in [-0.39, 0.29) is 68.0 Å². The first-order valence-corrected chi connectivity index (χ1v) is 25.3. The van der Waals surface area contributed by atoms with Gasteiger partial charge in [0.2, 0.25) is 11.8 Å². The molecule has 10 aromatic rings. The van der Waals surface area contributed by atoms with Crippen LogP contribution in [-0.4, -0.2) is 90.9 Å². The molecule has 78 heavy (non-hydrogen) atoms. The lowest BCUT2D eigenvalue weighted by molar-refractivity contribution is 0.391. The average Bonchev–Trinajstić information content (AvgIpc) is 4.15. The smallest absolute Gasteiger partial charge is 0.338 e. The van der Waals surface area contributed by atoms with Crippen molar-refractivity contribution < 1.29 is 27.0 Å². The molecule has 396 valence electrons. The molecule has 0 amide bonds. The molecule has 4 aromatic carbocycles. The Bertz CT molecular complexity index is 3900. The van der Waals surface area contributed by atoms with Crippen molar-refractivity contribution >= 4 is 54.5 Å². The van der Waals surface area contributed by atoms with Crippen molar-refractivity contribution in [1.29, 1.82) is 0 Å². The van der Waals surface area contributed by atoms with Crippen LogP contribution in [0.3, 0.4) is 0 Å². The van der Waals surface area contributed by atoms with Crippen molar-refractivity contribution in [2.45, 2.75) is 26.2 Å². The zero-order chi connectivity index (χ0) is 55.1. The molecule has 0 aliphatic rings. The fraction of sp³-hybridized carbons (Fsp3) is 0.185. The Morgan fingerprint density at radius 2 is 0.846 bits per heavy atom. The quantitative estimate of drug-likeness (QED) is 0.0661. The van der Waals surface area contributed by atoms with Gasteiger partial charge in [-0.25, -0.2) is 36.3 Å². The van der Waals surface area contributed by atoms with Gasteiger partial charge in [0.1, 0.15) is 32.9 Å². The molecule has 0 radical (unpaired) electrons. The van der Waals surface area contributed by atoms with Gasteiger partial charge in [0, 0.05) is 46.1 Å². The number of hydrogen-bond donors (Lipinski definition) is 0. The third-order valence-electron chi connectivity index (χ3n) is 12.5. The third-order valence-corrected chi connectivity index (χ3v) is 15.1. The van der Waals surface area contributed by atoms with Gasteiger partial charge in [-0.2, -0.15) is 10.2 Å². The van der Waals surface area contributed by atoms with E-state index in [1.54, 1.807) is 48.5 Å². The number of nitrogens with zero attached hydrogens (tertiary/aromatic N) is 12. The standard InChI is InChI=1S/C54H44F4N12O6S2/c1-65(2)25-35-45-49(71)69(41-21-23-43(75-5)63-61-41)53(73)67(27-33-37(55)9-7-10-38(33)56)51(45)77-47(35)29-13-17-31(18-14-29)59-60-32-19-15-30(16-20-32)48-36(26-66(3)4)46-50(72)70(42-22-24-44(76-6)64-62-42)54(74)68(52(46)78-48)28-34-39(57)11-8-12-40(34)58/h7-24H,25-28H2,1-6H3. The lowest BCUT2D eigenvalue weighted by Crippen LogP contribution is -2.39. The predicted molar refractivity (Wildman–Crippen MR) is 288 cm³/mol. The highest BCUT2D eigenvalue weighted by Crippen LogP contribution is 2.41. The monoisotopic (exact) mass is 1100 g/mol. The van der Waals surface area contributed by atoms with Crippen molar-refractivity contribution in [2.24, 2.45) is 10.2 Å². The maximum atomic E-state index is 15.2. The molecule has 18 nitrogen and oxygen atoms in total. The lowest BCUT2D eigenvalue weighted by atomic mass is 10.1. The molecular weight excluding hydrogens is 1050 g/mol. The SMILES string of the molecule is COc1ccc(-n2c(=O)c3c(CN(C)C)c(-c4ccc(N=Nc5ccc(-c6sc7c(c6CN(C)C)c(=O)n(-c6ccc(OC)nn6)c(=O)n7Cc6c(F)cccc6F)cc5)cc4)sc3n(Cc3c(F)cccc3F)c2=O)nn1. The number of aromatic nitrogens is 8. The number of thiophene rings is 2. The number of halogens is 4. The second-order valence-electron chi connectivity index (χ2n) is 18.2. The molecule has 0 unspecified atom stereocenters. The average molecular weight is 1100 g/mol. The second-order valence-corrected chi connectivity index (χ2v) is 20.2. The predicted octanol–water partition coefficient (Wildman–Crippen LogP) is 8.86. The molecule has 0 bridgehead atoms. The molecule has 0 fully saturated rings. The highest BCUT2D eigenvalue weighted by molar-refractivity contribution is 7.22. The Morgan fingerprint density at radius 1 is 0.487 bits per heavy atom. The van der Waals surface area contributed by atoms with Crippen molar-refractivity contribution in [3.05, 3.63) is 196 Å². The van der Waals surface area contributed by atoms with Crippen molar-refractivity contribution in [3.8, 4) is 44.3 Å². The number of rotatable bonds is 16. The van der Waals surface area contributed by atoms with Gasteiger partial charge in [-0.15, -0.1) is 43.1 Å². The largest absolute Gasteiger partial charge is 0.480 e. The first-order valence-electron chi connectivity index (χ1n) is 23.7. The molecule has 0 saturated carbocycles. The molecule has 6 heterocycles. The van der Waals surface area contributed by atoms with Crippen LogP contribution in [-0.2, 0) is 26.2 Å². The van der Waals surface area contributed by atoms with Crippen LogP contribution in [0.15, 0.2) is 139 Å². The number of fused-ring (bicyclic) bond motifs is 2. The van der Waals surface area contributed by atoms with Gasteiger partial charge in [-0.3, -0.25) is 18.7 Å². The van der Waals surface area contributed by atoms with Gasteiger partial charge >= 0.3 is 11.4 Å². The zero-order valence-corrected chi connectivity index (χ0v) is 44.0. The van der Waals surface area contributed by atoms with E-state index in [9.17, 15) is 19.2 Å². The second kappa shape index (κ2) is 21.7. The molecular formula is C54H44F4N12O6S2. The van der Waals surface area contributed by atoms with Crippen LogP contribution in [0.2, 0.25) is 0 Å². The highest BCUT2D eigenvalue weighted by atomic mass is 32.1. The Hall–Kier alpha value is -8.84. The summed E-state index contributed by atoms with van der Waals surface area (Å²) in [5.74, 6) is -3.42. The van der Waals surface area contributed by atoms with E-state index in [0.717, 1.165) is 56.1 Å². The van der Waals surface area contributed by atoms with Crippen LogP contribution in [0.25, 0.3) is 53.0 Å². The maximum Gasteiger partial charge on any atom is 0.338 e. The molecule has 0 N–H and O–H groups in total.